The van der Waals surface area contributed by atoms with Gasteiger partial charge in [-0.2, -0.15) is 0 Å². The first-order valence-corrected chi connectivity index (χ1v) is 5.91. The highest BCUT2D eigenvalue weighted by molar-refractivity contribution is 8.71. The normalized spacial score (nSPS) is 12.7. The average Bonchev–Trinajstić information content (AvgIpc) is 1.63. The predicted molar refractivity (Wildman–Crippen MR) is 42.1 cm³/mol. The van der Waals surface area contributed by atoms with Crippen molar-refractivity contribution in [3.63, 3.8) is 0 Å². The van der Waals surface area contributed by atoms with Crippen LogP contribution < -0.4 is 0 Å². The Bertz CT molecular complexity index is 179. The van der Waals surface area contributed by atoms with Gasteiger partial charge in [0.15, 0.2) is 8.87 Å². The number of hydrogen-bond acceptors (Lipinski definition) is 3. The van der Waals surface area contributed by atoms with E-state index < -0.39 is 8.87 Å². The van der Waals surface area contributed by atoms with Crippen LogP contribution in [0.5, 0.6) is 0 Å². The van der Waals surface area contributed by atoms with Gasteiger partial charge in [-0.1, -0.05) is 12.2 Å². The zero-order chi connectivity index (χ0) is 7.33. The third-order valence-corrected chi connectivity index (χ3v) is 3.06. The molecule has 0 saturated heterocycles. The summed E-state index contributed by atoms with van der Waals surface area (Å²) in [6, 6.07) is 0. The molecule has 0 saturated carbocycles. The van der Waals surface area contributed by atoms with Crippen LogP contribution in [0.15, 0.2) is 12.2 Å². The van der Waals surface area contributed by atoms with Crippen molar-refractivity contribution in [2.45, 2.75) is 6.92 Å². The highest BCUT2D eigenvalue weighted by atomic mass is 33.1. The summed E-state index contributed by atoms with van der Waals surface area (Å²) in [7, 11) is -1.89. The van der Waals surface area contributed by atoms with Gasteiger partial charge in [-0.05, 0) is 17.7 Å². The summed E-state index contributed by atoms with van der Waals surface area (Å²) in [5, 5.41) is 0. The van der Waals surface area contributed by atoms with Crippen LogP contribution in [0.1, 0.15) is 6.92 Å². The Hall–Kier alpha value is 0.0400. The Kier molecular flexibility index (Phi) is 3.97. The minimum absolute atomic E-state index is 0.551. The van der Waals surface area contributed by atoms with Crippen molar-refractivity contribution in [2.75, 3.05) is 12.0 Å². The van der Waals surface area contributed by atoms with Gasteiger partial charge >= 0.3 is 0 Å². The zero-order valence-electron chi connectivity index (χ0n) is 5.49. The third-order valence-electron chi connectivity index (χ3n) is 0.614. The topological polar surface area (TPSA) is 34.1 Å². The number of hydrogen-bond donors (Lipinski definition) is 0. The van der Waals surface area contributed by atoms with Crippen molar-refractivity contribution in [3.05, 3.63) is 12.2 Å². The van der Waals surface area contributed by atoms with Crippen LogP contribution in [0, 0.1) is 0 Å². The SMILES string of the molecule is C/C=C/CSS(C)(=O)=O. The first kappa shape index (κ1) is 9.04. The summed E-state index contributed by atoms with van der Waals surface area (Å²) >= 11 is 0. The molecule has 0 amide bonds. The number of rotatable bonds is 3. The molecular weight excluding hydrogens is 156 g/mol. The van der Waals surface area contributed by atoms with E-state index in [-0.39, 0.29) is 0 Å². The number of allylic oxidation sites excluding steroid dienone is 1. The van der Waals surface area contributed by atoms with E-state index in [0.717, 1.165) is 10.8 Å². The lowest BCUT2D eigenvalue weighted by molar-refractivity contribution is 0.615. The summed E-state index contributed by atoms with van der Waals surface area (Å²) < 4.78 is 20.9. The second kappa shape index (κ2) is 3.95. The lowest BCUT2D eigenvalue weighted by Crippen LogP contribution is -1.87. The molecule has 0 fully saturated rings. The maximum atomic E-state index is 10.4. The Morgan fingerprint density at radius 2 is 2.11 bits per heavy atom. The monoisotopic (exact) mass is 166 g/mol. The van der Waals surface area contributed by atoms with Gasteiger partial charge in [0.05, 0.1) is 0 Å². The molecule has 0 aliphatic heterocycles. The van der Waals surface area contributed by atoms with Crippen LogP contribution in [-0.4, -0.2) is 20.4 Å². The second-order valence-corrected chi connectivity index (χ2v) is 6.06. The van der Waals surface area contributed by atoms with Gasteiger partial charge in [-0.25, -0.2) is 8.42 Å². The first-order valence-electron chi connectivity index (χ1n) is 2.52. The highest BCUT2D eigenvalue weighted by Crippen LogP contribution is 2.08. The van der Waals surface area contributed by atoms with Crippen molar-refractivity contribution in [3.8, 4) is 0 Å². The molecule has 4 heteroatoms. The molecule has 9 heavy (non-hydrogen) atoms. The molecule has 0 spiro atoms. The summed E-state index contributed by atoms with van der Waals surface area (Å²) in [6.07, 6.45) is 4.85. The molecule has 0 rings (SSSR count). The van der Waals surface area contributed by atoms with E-state index in [1.165, 1.54) is 6.26 Å². The van der Waals surface area contributed by atoms with E-state index in [4.69, 9.17) is 0 Å². The van der Waals surface area contributed by atoms with Gasteiger partial charge in [-0.3, -0.25) is 0 Å². The molecule has 2 nitrogen and oxygen atoms in total. The summed E-state index contributed by atoms with van der Waals surface area (Å²) in [6.45, 7) is 1.86. The van der Waals surface area contributed by atoms with Gasteiger partial charge in [0.1, 0.15) is 0 Å². The Morgan fingerprint density at radius 1 is 1.56 bits per heavy atom. The predicted octanol–water partition coefficient (Wildman–Crippen LogP) is 1.26. The van der Waals surface area contributed by atoms with Crippen molar-refractivity contribution in [2.24, 2.45) is 0 Å². The average molecular weight is 166 g/mol. The summed E-state index contributed by atoms with van der Waals surface area (Å²) in [4.78, 5) is 0. The minimum atomic E-state index is -2.83. The maximum absolute atomic E-state index is 10.4. The minimum Gasteiger partial charge on any atom is -0.218 e. The van der Waals surface area contributed by atoms with E-state index >= 15 is 0 Å². The van der Waals surface area contributed by atoms with Crippen molar-refractivity contribution < 1.29 is 8.42 Å². The first-order chi connectivity index (χ1) is 4.06. The molecule has 0 aromatic carbocycles. The van der Waals surface area contributed by atoms with Crippen LogP contribution >= 0.6 is 10.8 Å². The van der Waals surface area contributed by atoms with E-state index in [1.807, 2.05) is 19.1 Å². The largest absolute Gasteiger partial charge is 0.218 e. The van der Waals surface area contributed by atoms with Gasteiger partial charge < -0.3 is 0 Å². The molecule has 0 N–H and O–H groups in total. The van der Waals surface area contributed by atoms with E-state index in [0.29, 0.717) is 5.75 Å². The van der Waals surface area contributed by atoms with Gasteiger partial charge in [0.25, 0.3) is 0 Å². The maximum Gasteiger partial charge on any atom is 0.198 e. The van der Waals surface area contributed by atoms with Crippen LogP contribution in [0.4, 0.5) is 0 Å². The lowest BCUT2D eigenvalue weighted by atomic mass is 10.6. The molecule has 0 atom stereocenters. The third kappa shape index (κ3) is 8.04. The Balaban J connectivity index is 3.53. The van der Waals surface area contributed by atoms with E-state index in [9.17, 15) is 8.42 Å². The van der Waals surface area contributed by atoms with Crippen molar-refractivity contribution in [1.29, 1.82) is 0 Å². The smallest absolute Gasteiger partial charge is 0.198 e. The van der Waals surface area contributed by atoms with E-state index in [1.54, 1.807) is 0 Å². The molecule has 54 valence electrons. The zero-order valence-corrected chi connectivity index (χ0v) is 7.13. The molecule has 0 aliphatic rings. The quantitative estimate of drug-likeness (QED) is 0.467. The standard InChI is InChI=1S/C5H10O2S2/c1-3-4-5-8-9(2,6)7/h3-4H,5H2,1-2H3/b4-3+. The Labute approximate surface area is 59.7 Å². The van der Waals surface area contributed by atoms with Gasteiger partial charge in [0, 0.05) is 12.0 Å². The fourth-order valence-electron chi connectivity index (χ4n) is 0.259. The summed E-state index contributed by atoms with van der Waals surface area (Å²) in [5.74, 6) is 0.551. The lowest BCUT2D eigenvalue weighted by Gasteiger charge is -1.89. The molecule has 0 bridgehead atoms. The van der Waals surface area contributed by atoms with E-state index in [2.05, 4.69) is 0 Å². The molecule has 0 heterocycles. The van der Waals surface area contributed by atoms with Gasteiger partial charge in [-0.15, -0.1) is 0 Å². The molecule has 0 unspecified atom stereocenters. The van der Waals surface area contributed by atoms with Gasteiger partial charge in [0.2, 0.25) is 0 Å². The fourth-order valence-corrected chi connectivity index (χ4v) is 1.75. The fraction of sp³-hybridized carbons (Fsp3) is 0.600. The van der Waals surface area contributed by atoms with Crippen LogP contribution in [0.3, 0.4) is 0 Å². The molecule has 0 aromatic rings. The molecular formula is C5H10O2S2. The molecule has 0 radical (unpaired) electrons. The second-order valence-electron chi connectivity index (χ2n) is 1.56. The van der Waals surface area contributed by atoms with Crippen LogP contribution in [0.25, 0.3) is 0 Å². The molecule has 0 aliphatic carbocycles. The Morgan fingerprint density at radius 3 is 2.44 bits per heavy atom. The van der Waals surface area contributed by atoms with Crippen molar-refractivity contribution >= 4 is 19.7 Å². The summed E-state index contributed by atoms with van der Waals surface area (Å²) in [5.41, 5.74) is 0. The highest BCUT2D eigenvalue weighted by Gasteiger charge is 1.97. The molecule has 0 aromatic heterocycles. The van der Waals surface area contributed by atoms with Crippen LogP contribution in [0.2, 0.25) is 0 Å². The van der Waals surface area contributed by atoms with Crippen LogP contribution in [-0.2, 0) is 8.87 Å². The van der Waals surface area contributed by atoms with Crippen molar-refractivity contribution in [1.82, 2.24) is 0 Å².